The largest absolute Gasteiger partial charge is 0.497 e. The van der Waals surface area contributed by atoms with Gasteiger partial charge in [-0.05, 0) is 61.4 Å². The first-order valence-electron chi connectivity index (χ1n) is 7.63. The fraction of sp³-hybridized carbons (Fsp3) is 0.263. The third kappa shape index (κ3) is 4.59. The van der Waals surface area contributed by atoms with E-state index in [-0.39, 0.29) is 0 Å². The summed E-state index contributed by atoms with van der Waals surface area (Å²) in [5.41, 5.74) is 3.91. The molecule has 0 atom stereocenters. The molecule has 0 spiro atoms. The molecule has 2 aromatic carbocycles. The van der Waals surface area contributed by atoms with Gasteiger partial charge in [-0.15, -0.1) is 0 Å². The standard InChI is InChI=1S/C19H23N3O2/c1-14-10-16(23-4)6-8-18(14)20-12-22(3)13-21-19-9-7-17(24-5)11-15(19)2/h6-13H,1-5H3. The minimum atomic E-state index is 0.830. The Kier molecular flexibility index (Phi) is 5.95. The highest BCUT2D eigenvalue weighted by Crippen LogP contribution is 2.24. The van der Waals surface area contributed by atoms with Crippen LogP contribution < -0.4 is 9.47 Å². The van der Waals surface area contributed by atoms with E-state index < -0.39 is 0 Å². The van der Waals surface area contributed by atoms with Crippen LogP contribution in [0.25, 0.3) is 0 Å². The second kappa shape index (κ2) is 8.15. The number of benzene rings is 2. The van der Waals surface area contributed by atoms with E-state index in [0.717, 1.165) is 34.0 Å². The second-order valence-corrected chi connectivity index (χ2v) is 5.46. The van der Waals surface area contributed by atoms with Crippen LogP contribution >= 0.6 is 0 Å². The van der Waals surface area contributed by atoms with E-state index in [9.17, 15) is 0 Å². The molecule has 0 N–H and O–H groups in total. The van der Waals surface area contributed by atoms with E-state index >= 15 is 0 Å². The van der Waals surface area contributed by atoms with Crippen molar-refractivity contribution in [1.29, 1.82) is 0 Å². The van der Waals surface area contributed by atoms with Crippen molar-refractivity contribution in [3.8, 4) is 11.5 Å². The number of methoxy groups -OCH3 is 2. The third-order valence-electron chi connectivity index (χ3n) is 3.57. The van der Waals surface area contributed by atoms with Gasteiger partial charge in [-0.2, -0.15) is 0 Å². The Bertz CT molecular complexity index is 691. The highest BCUT2D eigenvalue weighted by molar-refractivity contribution is 5.79. The maximum absolute atomic E-state index is 5.20. The summed E-state index contributed by atoms with van der Waals surface area (Å²) >= 11 is 0. The van der Waals surface area contributed by atoms with Gasteiger partial charge in [-0.25, -0.2) is 9.98 Å². The second-order valence-electron chi connectivity index (χ2n) is 5.46. The number of hydrogen-bond donors (Lipinski definition) is 0. The van der Waals surface area contributed by atoms with Crippen LogP contribution in [-0.4, -0.2) is 38.8 Å². The van der Waals surface area contributed by atoms with E-state index in [1.54, 1.807) is 26.9 Å². The lowest BCUT2D eigenvalue weighted by atomic mass is 10.2. The molecule has 0 amide bonds. The molecule has 126 valence electrons. The third-order valence-corrected chi connectivity index (χ3v) is 3.57. The zero-order chi connectivity index (χ0) is 17.5. The van der Waals surface area contributed by atoms with Gasteiger partial charge in [0.15, 0.2) is 0 Å². The summed E-state index contributed by atoms with van der Waals surface area (Å²) in [6, 6.07) is 11.6. The molecule has 2 rings (SSSR count). The minimum absolute atomic E-state index is 0.830. The van der Waals surface area contributed by atoms with Gasteiger partial charge in [-0.1, -0.05) is 0 Å². The molecule has 5 heteroatoms. The number of aliphatic imine (C=N–C) groups is 2. The Morgan fingerprint density at radius 1 is 0.792 bits per heavy atom. The summed E-state index contributed by atoms with van der Waals surface area (Å²) in [5.74, 6) is 1.66. The van der Waals surface area contributed by atoms with Crippen LogP contribution in [0.1, 0.15) is 11.1 Å². The van der Waals surface area contributed by atoms with E-state index in [2.05, 4.69) is 9.98 Å². The SMILES string of the molecule is COc1ccc(N=CN(C)C=Nc2ccc(OC)cc2C)c(C)c1. The lowest BCUT2D eigenvalue weighted by Gasteiger charge is -2.08. The van der Waals surface area contributed by atoms with Gasteiger partial charge in [0.25, 0.3) is 0 Å². The average molecular weight is 325 g/mol. The molecule has 0 saturated carbocycles. The summed E-state index contributed by atoms with van der Waals surface area (Å²) in [4.78, 5) is 10.8. The van der Waals surface area contributed by atoms with Crippen LogP contribution in [0, 0.1) is 13.8 Å². The van der Waals surface area contributed by atoms with Gasteiger partial charge in [0.2, 0.25) is 0 Å². The first kappa shape index (κ1) is 17.5. The summed E-state index contributed by atoms with van der Waals surface area (Å²) in [6.45, 7) is 4.01. The van der Waals surface area contributed by atoms with Crippen LogP contribution in [0.15, 0.2) is 46.4 Å². The van der Waals surface area contributed by atoms with Crippen molar-refractivity contribution in [3.05, 3.63) is 47.5 Å². The average Bonchev–Trinajstić information content (AvgIpc) is 2.59. The number of hydrogen-bond acceptors (Lipinski definition) is 4. The highest BCUT2D eigenvalue weighted by Gasteiger charge is 2.00. The van der Waals surface area contributed by atoms with Crippen molar-refractivity contribution < 1.29 is 9.47 Å². The zero-order valence-electron chi connectivity index (χ0n) is 14.8. The van der Waals surface area contributed by atoms with Crippen molar-refractivity contribution in [3.63, 3.8) is 0 Å². The normalized spacial score (nSPS) is 11.2. The van der Waals surface area contributed by atoms with Crippen LogP contribution in [0.4, 0.5) is 11.4 Å². The molecule has 0 saturated heterocycles. The molecule has 5 nitrogen and oxygen atoms in total. The summed E-state index contributed by atoms with van der Waals surface area (Å²) in [5, 5.41) is 0. The molecule has 0 aliphatic heterocycles. The van der Waals surface area contributed by atoms with Gasteiger partial charge in [-0.3, -0.25) is 0 Å². The molecule has 0 aliphatic carbocycles. The van der Waals surface area contributed by atoms with Crippen molar-refractivity contribution in [2.45, 2.75) is 13.8 Å². The molecule has 0 radical (unpaired) electrons. The first-order chi connectivity index (χ1) is 11.5. The molecule has 0 fully saturated rings. The number of aryl methyl sites for hydroxylation is 2. The maximum Gasteiger partial charge on any atom is 0.119 e. The Morgan fingerprint density at radius 3 is 1.54 bits per heavy atom. The van der Waals surface area contributed by atoms with Crippen molar-refractivity contribution in [2.75, 3.05) is 21.3 Å². The molecular formula is C19H23N3O2. The predicted molar refractivity (Wildman–Crippen MR) is 99.5 cm³/mol. The van der Waals surface area contributed by atoms with Crippen LogP contribution in [0.3, 0.4) is 0 Å². The first-order valence-corrected chi connectivity index (χ1v) is 7.63. The fourth-order valence-corrected chi connectivity index (χ4v) is 2.14. The number of ether oxygens (including phenoxy) is 2. The van der Waals surface area contributed by atoms with Gasteiger partial charge < -0.3 is 14.4 Å². The van der Waals surface area contributed by atoms with Gasteiger partial charge in [0.05, 0.1) is 38.3 Å². The Balaban J connectivity index is 2.06. The molecular weight excluding hydrogens is 302 g/mol. The topological polar surface area (TPSA) is 46.4 Å². The van der Waals surface area contributed by atoms with Crippen molar-refractivity contribution in [1.82, 2.24) is 4.90 Å². The van der Waals surface area contributed by atoms with Crippen LogP contribution in [0.2, 0.25) is 0 Å². The molecule has 0 aliphatic rings. The summed E-state index contributed by atoms with van der Waals surface area (Å²) < 4.78 is 10.4. The van der Waals surface area contributed by atoms with Gasteiger partial charge in [0.1, 0.15) is 11.5 Å². The van der Waals surface area contributed by atoms with E-state index in [1.807, 2.05) is 62.2 Å². The maximum atomic E-state index is 5.20. The number of nitrogens with zero attached hydrogens (tertiary/aromatic N) is 3. The van der Waals surface area contributed by atoms with Crippen molar-refractivity contribution >= 4 is 24.1 Å². The van der Waals surface area contributed by atoms with Crippen molar-refractivity contribution in [2.24, 2.45) is 9.98 Å². The van der Waals surface area contributed by atoms with E-state index in [0.29, 0.717) is 0 Å². The van der Waals surface area contributed by atoms with E-state index in [4.69, 9.17) is 9.47 Å². The highest BCUT2D eigenvalue weighted by atomic mass is 16.5. The minimum Gasteiger partial charge on any atom is -0.497 e. The molecule has 0 heterocycles. The predicted octanol–water partition coefficient (Wildman–Crippen LogP) is 4.27. The molecule has 0 bridgehead atoms. The smallest absolute Gasteiger partial charge is 0.119 e. The monoisotopic (exact) mass is 325 g/mol. The lowest BCUT2D eigenvalue weighted by molar-refractivity contribution is 0.414. The van der Waals surface area contributed by atoms with E-state index in [1.165, 1.54) is 0 Å². The van der Waals surface area contributed by atoms with Gasteiger partial charge >= 0.3 is 0 Å². The molecule has 2 aromatic rings. The summed E-state index contributed by atoms with van der Waals surface area (Å²) in [7, 11) is 5.21. The Labute approximate surface area is 143 Å². The zero-order valence-corrected chi connectivity index (χ0v) is 14.8. The Morgan fingerprint density at radius 2 is 1.21 bits per heavy atom. The molecule has 24 heavy (non-hydrogen) atoms. The lowest BCUT2D eigenvalue weighted by Crippen LogP contribution is -2.12. The van der Waals surface area contributed by atoms with Crippen LogP contribution in [-0.2, 0) is 0 Å². The molecule has 0 unspecified atom stereocenters. The molecule has 0 aromatic heterocycles. The quantitative estimate of drug-likeness (QED) is 0.588. The summed E-state index contributed by atoms with van der Waals surface area (Å²) in [6.07, 6.45) is 3.47. The fourth-order valence-electron chi connectivity index (χ4n) is 2.14. The Hall–Kier alpha value is -2.82. The van der Waals surface area contributed by atoms with Crippen LogP contribution in [0.5, 0.6) is 11.5 Å². The van der Waals surface area contributed by atoms with Gasteiger partial charge in [0, 0.05) is 7.05 Å². The number of rotatable bonds is 6.